The molecule has 0 aromatic rings. The number of hydrogen-bond acceptors (Lipinski definition) is 2. The Morgan fingerprint density at radius 2 is 2.42 bits per heavy atom. The zero-order chi connectivity index (χ0) is 8.81. The Morgan fingerprint density at radius 1 is 1.58 bits per heavy atom. The maximum absolute atomic E-state index is 5.54. The standard InChI is InChI=1S/C9H15BrO2/c1-2-11-5-6-12-9-4-3-8(10)7-9/h7,9H,2-6H2,1H3. The Kier molecular flexibility index (Phi) is 4.88. The molecule has 0 radical (unpaired) electrons. The van der Waals surface area contributed by atoms with Gasteiger partial charge in [0.1, 0.15) is 0 Å². The third-order valence-corrected chi connectivity index (χ3v) is 2.46. The lowest BCUT2D eigenvalue weighted by Gasteiger charge is -2.08. The fourth-order valence-electron chi connectivity index (χ4n) is 1.18. The first-order valence-electron chi connectivity index (χ1n) is 4.38. The Balaban J connectivity index is 2.01. The van der Waals surface area contributed by atoms with Gasteiger partial charge < -0.3 is 9.47 Å². The molecule has 70 valence electrons. The van der Waals surface area contributed by atoms with E-state index in [9.17, 15) is 0 Å². The van der Waals surface area contributed by atoms with Crippen LogP contribution in [0.15, 0.2) is 10.6 Å². The molecule has 1 atom stereocenters. The zero-order valence-corrected chi connectivity index (χ0v) is 8.97. The van der Waals surface area contributed by atoms with Crippen molar-refractivity contribution in [1.29, 1.82) is 0 Å². The van der Waals surface area contributed by atoms with Crippen LogP contribution in [0.4, 0.5) is 0 Å². The van der Waals surface area contributed by atoms with E-state index in [0.29, 0.717) is 19.3 Å². The van der Waals surface area contributed by atoms with E-state index in [2.05, 4.69) is 22.0 Å². The molecule has 2 nitrogen and oxygen atoms in total. The monoisotopic (exact) mass is 234 g/mol. The van der Waals surface area contributed by atoms with Gasteiger partial charge in [0, 0.05) is 6.61 Å². The van der Waals surface area contributed by atoms with Crippen molar-refractivity contribution in [3.05, 3.63) is 10.6 Å². The number of ether oxygens (including phenoxy) is 2. The summed E-state index contributed by atoms with van der Waals surface area (Å²) in [4.78, 5) is 0. The predicted molar refractivity (Wildman–Crippen MR) is 52.5 cm³/mol. The third kappa shape index (κ3) is 3.70. The molecule has 0 fully saturated rings. The van der Waals surface area contributed by atoms with Crippen LogP contribution in [0.25, 0.3) is 0 Å². The second-order valence-electron chi connectivity index (χ2n) is 2.76. The summed E-state index contributed by atoms with van der Waals surface area (Å²) in [5.74, 6) is 0. The maximum Gasteiger partial charge on any atom is 0.0771 e. The van der Waals surface area contributed by atoms with E-state index in [-0.39, 0.29) is 0 Å². The van der Waals surface area contributed by atoms with Crippen molar-refractivity contribution in [2.45, 2.75) is 25.9 Å². The topological polar surface area (TPSA) is 18.5 Å². The van der Waals surface area contributed by atoms with Crippen LogP contribution in [-0.2, 0) is 9.47 Å². The van der Waals surface area contributed by atoms with Crippen LogP contribution in [0.2, 0.25) is 0 Å². The molecule has 1 aliphatic carbocycles. The van der Waals surface area contributed by atoms with Crippen molar-refractivity contribution >= 4 is 15.9 Å². The number of hydrogen-bond donors (Lipinski definition) is 0. The molecule has 0 saturated carbocycles. The van der Waals surface area contributed by atoms with Crippen LogP contribution >= 0.6 is 15.9 Å². The van der Waals surface area contributed by atoms with Gasteiger partial charge in [0.25, 0.3) is 0 Å². The van der Waals surface area contributed by atoms with Crippen LogP contribution in [0.1, 0.15) is 19.8 Å². The molecule has 0 N–H and O–H groups in total. The minimum atomic E-state index is 0.305. The second-order valence-corrected chi connectivity index (χ2v) is 3.78. The van der Waals surface area contributed by atoms with Crippen LogP contribution in [0.3, 0.4) is 0 Å². The molecule has 0 spiro atoms. The van der Waals surface area contributed by atoms with Gasteiger partial charge in [-0.3, -0.25) is 0 Å². The first kappa shape index (κ1) is 10.2. The molecule has 0 aliphatic heterocycles. The van der Waals surface area contributed by atoms with Crippen molar-refractivity contribution in [1.82, 2.24) is 0 Å². The molecule has 0 aromatic heterocycles. The normalized spacial score (nSPS) is 22.8. The van der Waals surface area contributed by atoms with Gasteiger partial charge in [0.05, 0.1) is 19.3 Å². The van der Waals surface area contributed by atoms with E-state index < -0.39 is 0 Å². The fourth-order valence-corrected chi connectivity index (χ4v) is 1.71. The van der Waals surface area contributed by atoms with Crippen LogP contribution < -0.4 is 0 Å². The first-order valence-corrected chi connectivity index (χ1v) is 5.17. The highest BCUT2D eigenvalue weighted by molar-refractivity contribution is 9.11. The van der Waals surface area contributed by atoms with Crippen molar-refractivity contribution in [3.8, 4) is 0 Å². The molecule has 3 heteroatoms. The maximum atomic E-state index is 5.54. The van der Waals surface area contributed by atoms with Crippen LogP contribution in [-0.4, -0.2) is 25.9 Å². The highest BCUT2D eigenvalue weighted by Crippen LogP contribution is 2.24. The lowest BCUT2D eigenvalue weighted by molar-refractivity contribution is 0.0271. The van der Waals surface area contributed by atoms with Gasteiger partial charge in [-0.15, -0.1) is 0 Å². The highest BCUT2D eigenvalue weighted by Gasteiger charge is 2.13. The summed E-state index contributed by atoms with van der Waals surface area (Å²) in [6, 6.07) is 0. The van der Waals surface area contributed by atoms with Crippen molar-refractivity contribution in [2.75, 3.05) is 19.8 Å². The summed E-state index contributed by atoms with van der Waals surface area (Å²) < 4.78 is 12.0. The van der Waals surface area contributed by atoms with E-state index in [1.54, 1.807) is 0 Å². The summed E-state index contributed by atoms with van der Waals surface area (Å²) in [6.45, 7) is 4.17. The summed E-state index contributed by atoms with van der Waals surface area (Å²) in [7, 11) is 0. The lowest BCUT2D eigenvalue weighted by Crippen LogP contribution is -2.11. The molecule has 12 heavy (non-hydrogen) atoms. The predicted octanol–water partition coefficient (Wildman–Crippen LogP) is 2.48. The first-order chi connectivity index (χ1) is 5.83. The van der Waals surface area contributed by atoms with E-state index in [0.717, 1.165) is 19.4 Å². The smallest absolute Gasteiger partial charge is 0.0771 e. The van der Waals surface area contributed by atoms with Gasteiger partial charge in [-0.1, -0.05) is 15.9 Å². The Morgan fingerprint density at radius 3 is 3.00 bits per heavy atom. The average molecular weight is 235 g/mol. The second kappa shape index (κ2) is 5.73. The third-order valence-electron chi connectivity index (χ3n) is 1.80. The van der Waals surface area contributed by atoms with Gasteiger partial charge in [0.15, 0.2) is 0 Å². The number of allylic oxidation sites excluding steroid dienone is 1. The van der Waals surface area contributed by atoms with E-state index in [1.807, 2.05) is 6.92 Å². The molecular weight excluding hydrogens is 220 g/mol. The summed E-state index contributed by atoms with van der Waals surface area (Å²) in [5, 5.41) is 0. The molecule has 0 bridgehead atoms. The highest BCUT2D eigenvalue weighted by atomic mass is 79.9. The van der Waals surface area contributed by atoms with Gasteiger partial charge in [-0.25, -0.2) is 0 Å². The van der Waals surface area contributed by atoms with E-state index in [4.69, 9.17) is 9.47 Å². The van der Waals surface area contributed by atoms with Crippen molar-refractivity contribution in [2.24, 2.45) is 0 Å². The molecule has 1 unspecified atom stereocenters. The molecular formula is C9H15BrO2. The largest absolute Gasteiger partial charge is 0.379 e. The molecule has 1 aliphatic rings. The minimum Gasteiger partial charge on any atom is -0.379 e. The Bertz CT molecular complexity index is 157. The van der Waals surface area contributed by atoms with Gasteiger partial charge in [-0.05, 0) is 30.3 Å². The zero-order valence-electron chi connectivity index (χ0n) is 7.38. The quantitative estimate of drug-likeness (QED) is 0.681. The van der Waals surface area contributed by atoms with Crippen LogP contribution in [0, 0.1) is 0 Å². The van der Waals surface area contributed by atoms with Crippen LogP contribution in [0.5, 0.6) is 0 Å². The summed E-state index contributed by atoms with van der Waals surface area (Å²) >= 11 is 3.45. The molecule has 0 aromatic carbocycles. The van der Waals surface area contributed by atoms with Gasteiger partial charge in [0.2, 0.25) is 0 Å². The van der Waals surface area contributed by atoms with Gasteiger partial charge in [-0.2, -0.15) is 0 Å². The number of rotatable bonds is 5. The van der Waals surface area contributed by atoms with Crippen molar-refractivity contribution < 1.29 is 9.47 Å². The molecule has 1 rings (SSSR count). The lowest BCUT2D eigenvalue weighted by atomic mass is 10.3. The fraction of sp³-hybridized carbons (Fsp3) is 0.778. The molecule has 0 amide bonds. The summed E-state index contributed by atoms with van der Waals surface area (Å²) in [6.07, 6.45) is 4.65. The Labute approximate surface area is 82.1 Å². The SMILES string of the molecule is CCOCCOC1C=C(Br)CC1. The van der Waals surface area contributed by atoms with E-state index in [1.165, 1.54) is 4.48 Å². The summed E-state index contributed by atoms with van der Waals surface area (Å²) in [5.41, 5.74) is 0. The van der Waals surface area contributed by atoms with E-state index >= 15 is 0 Å². The van der Waals surface area contributed by atoms with Gasteiger partial charge >= 0.3 is 0 Å². The molecule has 0 heterocycles. The molecule has 0 saturated heterocycles. The van der Waals surface area contributed by atoms with Crippen molar-refractivity contribution in [3.63, 3.8) is 0 Å². The minimum absolute atomic E-state index is 0.305. The average Bonchev–Trinajstić information content (AvgIpc) is 2.45. The number of halogens is 1. The Hall–Kier alpha value is 0.140.